The molecular formula is C13H12NOS. The molecule has 1 N–H and O–H groups in total. The van der Waals surface area contributed by atoms with Gasteiger partial charge in [0.05, 0.1) is 4.90 Å². The van der Waals surface area contributed by atoms with Gasteiger partial charge in [0.25, 0.3) is 0 Å². The average Bonchev–Trinajstić information content (AvgIpc) is 2.38. The van der Waals surface area contributed by atoms with Crippen LogP contribution in [0.2, 0.25) is 0 Å². The first-order chi connectivity index (χ1) is 7.86. The second-order valence-corrected chi connectivity index (χ2v) is 4.59. The van der Waals surface area contributed by atoms with Crippen molar-refractivity contribution in [1.82, 2.24) is 4.72 Å². The van der Waals surface area contributed by atoms with Crippen LogP contribution < -0.4 is 4.72 Å². The number of benzene rings is 2. The van der Waals surface area contributed by atoms with Gasteiger partial charge in [-0.25, -0.2) is 8.93 Å². The van der Waals surface area contributed by atoms with Gasteiger partial charge in [0, 0.05) is 6.54 Å². The Labute approximate surface area is 97.9 Å². The van der Waals surface area contributed by atoms with Gasteiger partial charge in [-0.2, -0.15) is 0 Å². The highest BCUT2D eigenvalue weighted by molar-refractivity contribution is 7.83. The molecule has 2 rings (SSSR count). The van der Waals surface area contributed by atoms with E-state index in [1.807, 2.05) is 54.6 Å². The first-order valence-electron chi connectivity index (χ1n) is 5.02. The first kappa shape index (κ1) is 11.0. The first-order valence-corrected chi connectivity index (χ1v) is 6.17. The Kier molecular flexibility index (Phi) is 3.86. The maximum Gasteiger partial charge on any atom is 0.125 e. The molecule has 0 aliphatic heterocycles. The van der Waals surface area contributed by atoms with Crippen molar-refractivity contribution >= 4 is 11.0 Å². The second-order valence-electron chi connectivity index (χ2n) is 3.29. The van der Waals surface area contributed by atoms with Crippen LogP contribution in [0.3, 0.4) is 0 Å². The maximum atomic E-state index is 11.8. The summed E-state index contributed by atoms with van der Waals surface area (Å²) in [4.78, 5) is 0.790. The molecule has 1 radical (unpaired) electrons. The number of nitrogens with one attached hydrogen (secondary N) is 1. The minimum Gasteiger partial charge on any atom is -0.237 e. The zero-order valence-electron chi connectivity index (χ0n) is 8.72. The fourth-order valence-corrected chi connectivity index (χ4v) is 2.17. The molecule has 2 nitrogen and oxygen atoms in total. The van der Waals surface area contributed by atoms with Gasteiger partial charge < -0.3 is 0 Å². The summed E-state index contributed by atoms with van der Waals surface area (Å²) in [6, 6.07) is 20.1. The summed E-state index contributed by atoms with van der Waals surface area (Å²) in [7, 11) is -1.15. The highest BCUT2D eigenvalue weighted by Crippen LogP contribution is 2.04. The summed E-state index contributed by atoms with van der Waals surface area (Å²) in [5.74, 6) is 0. The van der Waals surface area contributed by atoms with Crippen molar-refractivity contribution in [3.05, 3.63) is 66.2 Å². The lowest BCUT2D eigenvalue weighted by Crippen LogP contribution is -2.16. The predicted octanol–water partition coefficient (Wildman–Crippen LogP) is 2.30. The quantitative estimate of drug-likeness (QED) is 0.858. The lowest BCUT2D eigenvalue weighted by Gasteiger charge is -2.04. The van der Waals surface area contributed by atoms with E-state index in [1.165, 1.54) is 0 Å². The zero-order chi connectivity index (χ0) is 11.2. The monoisotopic (exact) mass is 230 g/mol. The molecule has 16 heavy (non-hydrogen) atoms. The number of hydrogen-bond donors (Lipinski definition) is 1. The van der Waals surface area contributed by atoms with E-state index in [0.717, 1.165) is 10.5 Å². The van der Waals surface area contributed by atoms with Crippen molar-refractivity contribution < 1.29 is 4.21 Å². The summed E-state index contributed by atoms with van der Waals surface area (Å²) < 4.78 is 14.8. The van der Waals surface area contributed by atoms with Gasteiger partial charge in [0.1, 0.15) is 11.0 Å². The molecule has 2 aromatic rings. The van der Waals surface area contributed by atoms with Crippen molar-refractivity contribution in [3.8, 4) is 0 Å². The van der Waals surface area contributed by atoms with Gasteiger partial charge in [0.15, 0.2) is 0 Å². The summed E-state index contributed by atoms with van der Waals surface area (Å²) >= 11 is 0. The molecule has 0 saturated carbocycles. The van der Waals surface area contributed by atoms with Crippen LogP contribution in [-0.2, 0) is 17.5 Å². The molecule has 2 aromatic carbocycles. The number of hydrogen-bond acceptors (Lipinski definition) is 1. The van der Waals surface area contributed by atoms with Gasteiger partial charge >= 0.3 is 0 Å². The summed E-state index contributed by atoms with van der Waals surface area (Å²) in [5, 5.41) is 0. The van der Waals surface area contributed by atoms with Crippen molar-refractivity contribution in [2.45, 2.75) is 11.4 Å². The van der Waals surface area contributed by atoms with Crippen molar-refractivity contribution in [2.24, 2.45) is 0 Å². The summed E-state index contributed by atoms with van der Waals surface area (Å²) in [6.45, 7) is 0.558. The van der Waals surface area contributed by atoms with Gasteiger partial charge in [-0.1, -0.05) is 42.5 Å². The highest BCUT2D eigenvalue weighted by Gasteiger charge is 2.01. The molecule has 0 fully saturated rings. The van der Waals surface area contributed by atoms with Crippen LogP contribution in [0.1, 0.15) is 5.56 Å². The van der Waals surface area contributed by atoms with Crippen molar-refractivity contribution in [3.63, 3.8) is 0 Å². The summed E-state index contributed by atoms with van der Waals surface area (Å²) in [6.07, 6.45) is 0. The van der Waals surface area contributed by atoms with Crippen LogP contribution in [0.5, 0.6) is 0 Å². The van der Waals surface area contributed by atoms with Gasteiger partial charge in [-0.05, 0) is 23.8 Å². The fraction of sp³-hybridized carbons (Fsp3) is 0.0769. The Hall–Kier alpha value is -1.45. The van der Waals surface area contributed by atoms with E-state index in [1.54, 1.807) is 0 Å². The molecule has 0 spiro atoms. The normalized spacial score (nSPS) is 12.2. The average molecular weight is 230 g/mol. The van der Waals surface area contributed by atoms with E-state index in [4.69, 9.17) is 0 Å². The van der Waals surface area contributed by atoms with E-state index >= 15 is 0 Å². The third-order valence-electron chi connectivity index (χ3n) is 2.12. The predicted molar refractivity (Wildman–Crippen MR) is 65.0 cm³/mol. The van der Waals surface area contributed by atoms with Crippen LogP contribution in [-0.4, -0.2) is 4.21 Å². The Morgan fingerprint density at radius 3 is 2.50 bits per heavy atom. The van der Waals surface area contributed by atoms with E-state index in [0.29, 0.717) is 6.54 Å². The zero-order valence-corrected chi connectivity index (χ0v) is 9.54. The van der Waals surface area contributed by atoms with Crippen molar-refractivity contribution in [2.75, 3.05) is 0 Å². The molecule has 1 atom stereocenters. The van der Waals surface area contributed by atoms with Crippen LogP contribution in [0.25, 0.3) is 0 Å². The van der Waals surface area contributed by atoms with Crippen molar-refractivity contribution in [1.29, 1.82) is 0 Å². The van der Waals surface area contributed by atoms with E-state index in [2.05, 4.69) is 10.8 Å². The lowest BCUT2D eigenvalue weighted by molar-refractivity contribution is 0.672. The van der Waals surface area contributed by atoms with Crippen LogP contribution in [0, 0.1) is 6.07 Å². The summed E-state index contributed by atoms with van der Waals surface area (Å²) in [5.41, 5.74) is 1.01. The highest BCUT2D eigenvalue weighted by atomic mass is 32.2. The molecular weight excluding hydrogens is 218 g/mol. The molecule has 81 valence electrons. The minimum atomic E-state index is -1.15. The molecule has 0 bridgehead atoms. The third kappa shape index (κ3) is 3.02. The van der Waals surface area contributed by atoms with Crippen LogP contribution in [0.15, 0.2) is 59.5 Å². The molecule has 0 aliphatic carbocycles. The topological polar surface area (TPSA) is 29.1 Å². The molecule has 0 amide bonds. The molecule has 3 heteroatoms. The SMILES string of the molecule is O=S(NCc1[c]cccc1)c1ccccc1. The molecule has 1 unspecified atom stereocenters. The number of rotatable bonds is 4. The van der Waals surface area contributed by atoms with Gasteiger partial charge in [-0.3, -0.25) is 0 Å². The Balaban J connectivity index is 1.95. The van der Waals surface area contributed by atoms with Crippen LogP contribution >= 0.6 is 0 Å². The van der Waals surface area contributed by atoms with E-state index in [-0.39, 0.29) is 0 Å². The van der Waals surface area contributed by atoms with Gasteiger partial charge in [-0.15, -0.1) is 0 Å². The van der Waals surface area contributed by atoms with E-state index in [9.17, 15) is 4.21 Å². The standard InChI is InChI=1S/C13H12NOS/c15-16(13-9-5-2-6-10-13)14-11-12-7-3-1-4-8-12/h1-7,9-10,14H,11H2. The Morgan fingerprint density at radius 1 is 1.06 bits per heavy atom. The molecule has 0 aliphatic rings. The minimum absolute atomic E-state index is 0.558. The fourth-order valence-electron chi connectivity index (χ4n) is 1.31. The lowest BCUT2D eigenvalue weighted by atomic mass is 10.2. The Bertz CT molecular complexity index is 456. The second kappa shape index (κ2) is 5.58. The molecule has 0 heterocycles. The smallest absolute Gasteiger partial charge is 0.125 e. The molecule has 0 aromatic heterocycles. The van der Waals surface area contributed by atoms with E-state index < -0.39 is 11.0 Å². The Morgan fingerprint density at radius 2 is 1.81 bits per heavy atom. The van der Waals surface area contributed by atoms with Crippen LogP contribution in [0.4, 0.5) is 0 Å². The molecule has 0 saturated heterocycles. The van der Waals surface area contributed by atoms with Gasteiger partial charge in [0.2, 0.25) is 0 Å². The third-order valence-corrected chi connectivity index (χ3v) is 3.23. The largest absolute Gasteiger partial charge is 0.237 e. The maximum absolute atomic E-state index is 11.8.